The van der Waals surface area contributed by atoms with E-state index in [4.69, 9.17) is 14.3 Å². The van der Waals surface area contributed by atoms with Crippen LogP contribution in [0.4, 0.5) is 0 Å². The van der Waals surface area contributed by atoms with Crippen LogP contribution in [-0.4, -0.2) is 23.8 Å². The van der Waals surface area contributed by atoms with Crippen molar-refractivity contribution in [2.45, 2.75) is 78.2 Å². The molecule has 1 aromatic rings. The summed E-state index contributed by atoms with van der Waals surface area (Å²) in [5.74, 6) is -1.20. The molecule has 4 nitrogen and oxygen atoms in total. The SMILES string of the molecule is C/C(=C\CC/C(C)=C/CCc1ccoc1)CC/C=C1/CC[C@@H]([C@@H](C)C(=O)O)OC1. The summed E-state index contributed by atoms with van der Waals surface area (Å²) in [4.78, 5) is 11.0. The van der Waals surface area contributed by atoms with Crippen LogP contribution in [0.3, 0.4) is 0 Å². The van der Waals surface area contributed by atoms with Crippen molar-refractivity contribution in [3.63, 3.8) is 0 Å². The normalized spacial score (nSPS) is 20.8. The molecule has 0 radical (unpaired) electrons. The van der Waals surface area contributed by atoms with Crippen molar-refractivity contribution in [1.29, 1.82) is 0 Å². The first kappa shape index (κ1) is 23.2. The summed E-state index contributed by atoms with van der Waals surface area (Å²) in [6.07, 6.45) is 18.5. The minimum atomic E-state index is -0.772. The lowest BCUT2D eigenvalue weighted by Crippen LogP contribution is -2.32. The molecule has 1 N–H and O–H groups in total. The summed E-state index contributed by atoms with van der Waals surface area (Å²) in [7, 11) is 0. The maximum absolute atomic E-state index is 11.0. The second-order valence-electron chi connectivity index (χ2n) is 8.23. The molecule has 1 aliphatic heterocycles. The topological polar surface area (TPSA) is 59.7 Å². The Balaban J connectivity index is 1.61. The Hall–Kier alpha value is -2.07. The molecule has 0 spiro atoms. The second-order valence-corrected chi connectivity index (χ2v) is 8.23. The van der Waals surface area contributed by atoms with E-state index in [9.17, 15) is 4.79 Å². The molecule has 0 unspecified atom stereocenters. The van der Waals surface area contributed by atoms with Crippen LogP contribution < -0.4 is 0 Å². The van der Waals surface area contributed by atoms with E-state index in [1.54, 1.807) is 13.2 Å². The molecule has 1 aromatic heterocycles. The number of hydrogen-bond donors (Lipinski definition) is 1. The van der Waals surface area contributed by atoms with Gasteiger partial charge in [0, 0.05) is 0 Å². The third-order valence-corrected chi connectivity index (χ3v) is 5.69. The highest BCUT2D eigenvalue weighted by molar-refractivity contribution is 5.70. The van der Waals surface area contributed by atoms with Crippen LogP contribution >= 0.6 is 0 Å². The summed E-state index contributed by atoms with van der Waals surface area (Å²) in [5.41, 5.74) is 5.45. The first-order valence-corrected chi connectivity index (χ1v) is 10.8. The van der Waals surface area contributed by atoms with E-state index < -0.39 is 11.9 Å². The average molecular weight is 401 g/mol. The molecule has 1 saturated heterocycles. The predicted octanol–water partition coefficient (Wildman–Crippen LogP) is 6.49. The zero-order valence-electron chi connectivity index (χ0n) is 18.2. The lowest BCUT2D eigenvalue weighted by Gasteiger charge is -2.27. The third kappa shape index (κ3) is 8.86. The monoisotopic (exact) mass is 400 g/mol. The van der Waals surface area contributed by atoms with Gasteiger partial charge in [-0.05, 0) is 89.3 Å². The molecule has 2 rings (SSSR count). The van der Waals surface area contributed by atoms with Crippen molar-refractivity contribution in [3.05, 3.63) is 59.1 Å². The van der Waals surface area contributed by atoms with Gasteiger partial charge in [0.15, 0.2) is 0 Å². The lowest BCUT2D eigenvalue weighted by molar-refractivity contribution is -0.147. The number of allylic oxidation sites excluding steroid dienone is 5. The van der Waals surface area contributed by atoms with Gasteiger partial charge in [0.1, 0.15) is 0 Å². The van der Waals surface area contributed by atoms with E-state index in [-0.39, 0.29) is 6.10 Å². The smallest absolute Gasteiger partial charge is 0.308 e. The molecule has 0 aromatic carbocycles. The van der Waals surface area contributed by atoms with Crippen LogP contribution in [0, 0.1) is 5.92 Å². The van der Waals surface area contributed by atoms with Gasteiger partial charge < -0.3 is 14.3 Å². The number of ether oxygens (including phenoxy) is 1. The molecule has 0 bridgehead atoms. The number of carboxylic acid groups (broad SMARTS) is 1. The van der Waals surface area contributed by atoms with Crippen molar-refractivity contribution in [2.24, 2.45) is 5.92 Å². The first-order chi connectivity index (χ1) is 14.0. The highest BCUT2D eigenvalue weighted by Gasteiger charge is 2.27. The molecule has 0 amide bonds. The number of aryl methyl sites for hydroxylation is 1. The van der Waals surface area contributed by atoms with Crippen molar-refractivity contribution in [2.75, 3.05) is 6.61 Å². The van der Waals surface area contributed by atoms with Gasteiger partial charge in [0.05, 0.1) is 31.2 Å². The third-order valence-electron chi connectivity index (χ3n) is 5.69. The standard InChI is InChI=1S/C25H36O4/c1-19(7-4-8-20(2)10-6-12-23-15-16-28-17-23)9-5-11-22-13-14-24(29-18-22)21(3)25(26)27/h7,10-11,15-17,21,24H,4-6,8-9,12-14,18H2,1-3H3,(H,26,27)/b19-7+,20-10+,22-11-/t21-,24+/m1/s1. The zero-order chi connectivity index (χ0) is 21.1. The van der Waals surface area contributed by atoms with Crippen LogP contribution in [0.15, 0.2) is 58.0 Å². The Morgan fingerprint density at radius 2 is 1.93 bits per heavy atom. The first-order valence-electron chi connectivity index (χ1n) is 10.8. The van der Waals surface area contributed by atoms with Crippen molar-refractivity contribution < 1.29 is 19.1 Å². The van der Waals surface area contributed by atoms with E-state index in [0.29, 0.717) is 6.61 Å². The van der Waals surface area contributed by atoms with E-state index >= 15 is 0 Å². The number of hydrogen-bond acceptors (Lipinski definition) is 3. The quantitative estimate of drug-likeness (QED) is 0.431. The van der Waals surface area contributed by atoms with E-state index in [2.05, 4.69) is 32.1 Å². The molecular formula is C25H36O4. The number of carbonyl (C=O) groups is 1. The molecule has 2 heterocycles. The second kappa shape index (κ2) is 12.5. The largest absolute Gasteiger partial charge is 0.481 e. The van der Waals surface area contributed by atoms with Gasteiger partial charge in [0.25, 0.3) is 0 Å². The van der Waals surface area contributed by atoms with Crippen molar-refractivity contribution in [1.82, 2.24) is 0 Å². The number of carboxylic acids is 1. The fourth-order valence-corrected chi connectivity index (χ4v) is 3.59. The van der Waals surface area contributed by atoms with Gasteiger partial charge in [-0.3, -0.25) is 4.79 Å². The predicted molar refractivity (Wildman–Crippen MR) is 117 cm³/mol. The summed E-state index contributed by atoms with van der Waals surface area (Å²) in [6.45, 7) is 6.73. The molecule has 2 atom stereocenters. The minimum absolute atomic E-state index is 0.151. The van der Waals surface area contributed by atoms with Gasteiger partial charge in [-0.15, -0.1) is 0 Å². The minimum Gasteiger partial charge on any atom is -0.481 e. The van der Waals surface area contributed by atoms with E-state index in [1.807, 2.05) is 12.3 Å². The Morgan fingerprint density at radius 1 is 1.21 bits per heavy atom. The van der Waals surface area contributed by atoms with Gasteiger partial charge >= 0.3 is 5.97 Å². The Labute approximate surface area is 175 Å². The number of furan rings is 1. The Morgan fingerprint density at radius 3 is 2.55 bits per heavy atom. The molecule has 1 aliphatic rings. The fraction of sp³-hybridized carbons (Fsp3) is 0.560. The summed E-state index contributed by atoms with van der Waals surface area (Å²) in [5, 5.41) is 9.08. The highest BCUT2D eigenvalue weighted by atomic mass is 16.5. The van der Waals surface area contributed by atoms with Crippen molar-refractivity contribution in [3.8, 4) is 0 Å². The fourth-order valence-electron chi connectivity index (χ4n) is 3.59. The summed E-state index contributed by atoms with van der Waals surface area (Å²) < 4.78 is 10.8. The van der Waals surface area contributed by atoms with Gasteiger partial charge in [-0.2, -0.15) is 0 Å². The van der Waals surface area contributed by atoms with Crippen molar-refractivity contribution >= 4 is 5.97 Å². The maximum Gasteiger partial charge on any atom is 0.308 e. The lowest BCUT2D eigenvalue weighted by atomic mass is 9.94. The maximum atomic E-state index is 11.0. The Bertz CT molecular complexity index is 699. The Kier molecular flexibility index (Phi) is 9.99. The highest BCUT2D eigenvalue weighted by Crippen LogP contribution is 2.24. The molecule has 4 heteroatoms. The summed E-state index contributed by atoms with van der Waals surface area (Å²) >= 11 is 0. The molecular weight excluding hydrogens is 364 g/mol. The molecule has 160 valence electrons. The molecule has 0 saturated carbocycles. The molecule has 0 aliphatic carbocycles. The number of aliphatic carboxylic acids is 1. The van der Waals surface area contributed by atoms with Crippen LogP contribution in [-0.2, 0) is 16.0 Å². The molecule has 1 fully saturated rings. The van der Waals surface area contributed by atoms with E-state index in [0.717, 1.165) is 51.4 Å². The van der Waals surface area contributed by atoms with Gasteiger partial charge in [-0.1, -0.05) is 29.4 Å². The van der Waals surface area contributed by atoms with Gasteiger partial charge in [-0.25, -0.2) is 0 Å². The average Bonchev–Trinajstić information content (AvgIpc) is 3.21. The summed E-state index contributed by atoms with van der Waals surface area (Å²) in [6, 6.07) is 2.03. The van der Waals surface area contributed by atoms with Crippen LogP contribution in [0.25, 0.3) is 0 Å². The van der Waals surface area contributed by atoms with Crippen LogP contribution in [0.1, 0.15) is 71.3 Å². The number of rotatable bonds is 11. The van der Waals surface area contributed by atoms with E-state index in [1.165, 1.54) is 22.3 Å². The van der Waals surface area contributed by atoms with Crippen LogP contribution in [0.5, 0.6) is 0 Å². The zero-order valence-corrected chi connectivity index (χ0v) is 18.2. The van der Waals surface area contributed by atoms with Gasteiger partial charge in [0.2, 0.25) is 0 Å². The van der Waals surface area contributed by atoms with Crippen LogP contribution in [0.2, 0.25) is 0 Å². The molecule has 29 heavy (non-hydrogen) atoms.